The Balaban J connectivity index is 2.38. The van der Waals surface area contributed by atoms with Crippen molar-refractivity contribution in [1.29, 1.82) is 0 Å². The van der Waals surface area contributed by atoms with E-state index in [1.165, 1.54) is 32.1 Å². The highest BCUT2D eigenvalue weighted by atomic mass is 16.2. The van der Waals surface area contributed by atoms with Crippen molar-refractivity contribution in [2.24, 2.45) is 17.6 Å². The lowest BCUT2D eigenvalue weighted by Gasteiger charge is -2.29. The average molecular weight is 226 g/mol. The van der Waals surface area contributed by atoms with Crippen LogP contribution in [-0.2, 0) is 4.79 Å². The number of rotatable bonds is 4. The summed E-state index contributed by atoms with van der Waals surface area (Å²) in [4.78, 5) is 13.9. The molecule has 0 saturated heterocycles. The van der Waals surface area contributed by atoms with Crippen molar-refractivity contribution in [2.45, 2.75) is 52.0 Å². The summed E-state index contributed by atoms with van der Waals surface area (Å²) in [6.45, 7) is 4.73. The summed E-state index contributed by atoms with van der Waals surface area (Å²) in [5.74, 6) is 0.845. The first kappa shape index (κ1) is 13.5. The molecule has 0 aromatic carbocycles. The summed E-state index contributed by atoms with van der Waals surface area (Å²) >= 11 is 0. The van der Waals surface area contributed by atoms with Crippen LogP contribution in [0.5, 0.6) is 0 Å². The molecule has 0 spiro atoms. The van der Waals surface area contributed by atoms with Gasteiger partial charge in [0.2, 0.25) is 5.91 Å². The summed E-state index contributed by atoms with van der Waals surface area (Å²) in [5, 5.41) is 0. The number of hydrogen-bond acceptors (Lipinski definition) is 2. The van der Waals surface area contributed by atoms with Crippen LogP contribution in [0.25, 0.3) is 0 Å². The second kappa shape index (κ2) is 6.24. The molecule has 1 amide bonds. The largest absolute Gasteiger partial charge is 0.345 e. The molecule has 3 heteroatoms. The standard InChI is InChI=1S/C13H26N2O/c1-10(11(2)14)13(16)15(3)9-12-7-5-4-6-8-12/h10-12H,4-9,14H2,1-3H3. The molecule has 16 heavy (non-hydrogen) atoms. The smallest absolute Gasteiger partial charge is 0.226 e. The van der Waals surface area contributed by atoms with Gasteiger partial charge in [-0.25, -0.2) is 0 Å². The lowest BCUT2D eigenvalue weighted by Crippen LogP contribution is -2.41. The first-order valence-electron chi connectivity index (χ1n) is 6.53. The molecule has 2 N–H and O–H groups in total. The highest BCUT2D eigenvalue weighted by molar-refractivity contribution is 5.78. The van der Waals surface area contributed by atoms with Gasteiger partial charge in [0.05, 0.1) is 5.92 Å². The van der Waals surface area contributed by atoms with E-state index in [9.17, 15) is 4.79 Å². The summed E-state index contributed by atoms with van der Waals surface area (Å²) in [5.41, 5.74) is 5.76. The van der Waals surface area contributed by atoms with Crippen LogP contribution >= 0.6 is 0 Å². The second-order valence-corrected chi connectivity index (χ2v) is 5.37. The highest BCUT2D eigenvalue weighted by Gasteiger charge is 2.23. The Morgan fingerprint density at radius 1 is 1.31 bits per heavy atom. The first-order chi connectivity index (χ1) is 7.52. The van der Waals surface area contributed by atoms with Crippen LogP contribution in [0.3, 0.4) is 0 Å². The van der Waals surface area contributed by atoms with Gasteiger partial charge < -0.3 is 10.6 Å². The minimum atomic E-state index is -0.0615. The third-order valence-corrected chi connectivity index (χ3v) is 3.81. The molecule has 2 atom stereocenters. The Kier molecular flexibility index (Phi) is 5.26. The molecule has 0 aromatic heterocycles. The third-order valence-electron chi connectivity index (χ3n) is 3.81. The fraction of sp³-hybridized carbons (Fsp3) is 0.923. The van der Waals surface area contributed by atoms with Gasteiger partial charge in [-0.1, -0.05) is 26.2 Å². The lowest BCUT2D eigenvalue weighted by molar-refractivity contribution is -0.134. The van der Waals surface area contributed by atoms with E-state index in [0.717, 1.165) is 6.54 Å². The first-order valence-corrected chi connectivity index (χ1v) is 6.53. The number of nitrogens with two attached hydrogens (primary N) is 1. The van der Waals surface area contributed by atoms with Crippen molar-refractivity contribution in [2.75, 3.05) is 13.6 Å². The lowest BCUT2D eigenvalue weighted by atomic mass is 9.88. The predicted octanol–water partition coefficient (Wildman–Crippen LogP) is 2.01. The predicted molar refractivity (Wildman–Crippen MR) is 67.0 cm³/mol. The number of amides is 1. The molecule has 1 rings (SSSR count). The van der Waals surface area contributed by atoms with E-state index in [1.54, 1.807) is 0 Å². The molecule has 0 aliphatic heterocycles. The van der Waals surface area contributed by atoms with Crippen LogP contribution in [0.15, 0.2) is 0 Å². The van der Waals surface area contributed by atoms with Crippen LogP contribution in [0.1, 0.15) is 46.0 Å². The molecule has 1 aliphatic carbocycles. The normalized spacial score (nSPS) is 21.5. The Morgan fingerprint density at radius 2 is 1.88 bits per heavy atom. The Morgan fingerprint density at radius 3 is 2.38 bits per heavy atom. The molecule has 0 aromatic rings. The van der Waals surface area contributed by atoms with E-state index in [4.69, 9.17) is 5.73 Å². The van der Waals surface area contributed by atoms with Gasteiger partial charge in [-0.3, -0.25) is 4.79 Å². The fourth-order valence-corrected chi connectivity index (χ4v) is 2.42. The van der Waals surface area contributed by atoms with Crippen molar-refractivity contribution in [1.82, 2.24) is 4.90 Å². The number of nitrogens with zero attached hydrogens (tertiary/aromatic N) is 1. The zero-order chi connectivity index (χ0) is 12.1. The molecular weight excluding hydrogens is 200 g/mol. The number of carbonyl (C=O) groups excluding carboxylic acids is 1. The average Bonchev–Trinajstić information content (AvgIpc) is 2.28. The van der Waals surface area contributed by atoms with Gasteiger partial charge in [-0.05, 0) is 25.7 Å². The van der Waals surface area contributed by atoms with Crippen LogP contribution in [-0.4, -0.2) is 30.4 Å². The molecular formula is C13H26N2O. The van der Waals surface area contributed by atoms with Gasteiger partial charge in [0.15, 0.2) is 0 Å². The monoisotopic (exact) mass is 226 g/mol. The topological polar surface area (TPSA) is 46.3 Å². The molecule has 2 unspecified atom stereocenters. The minimum absolute atomic E-state index is 0.0543. The summed E-state index contributed by atoms with van der Waals surface area (Å²) < 4.78 is 0. The number of hydrogen-bond donors (Lipinski definition) is 1. The minimum Gasteiger partial charge on any atom is -0.345 e. The maximum atomic E-state index is 12.0. The van der Waals surface area contributed by atoms with Crippen molar-refractivity contribution in [3.8, 4) is 0 Å². The Labute approximate surface area is 99.4 Å². The van der Waals surface area contributed by atoms with Gasteiger partial charge in [-0.15, -0.1) is 0 Å². The van der Waals surface area contributed by atoms with Crippen LogP contribution in [0, 0.1) is 11.8 Å². The summed E-state index contributed by atoms with van der Waals surface area (Å²) in [7, 11) is 1.91. The maximum absolute atomic E-state index is 12.0. The van der Waals surface area contributed by atoms with E-state index in [-0.39, 0.29) is 17.9 Å². The van der Waals surface area contributed by atoms with Crippen LogP contribution in [0.4, 0.5) is 0 Å². The molecule has 0 heterocycles. The molecule has 0 bridgehead atoms. The van der Waals surface area contributed by atoms with E-state index < -0.39 is 0 Å². The van der Waals surface area contributed by atoms with Gasteiger partial charge >= 0.3 is 0 Å². The number of carbonyl (C=O) groups is 1. The van der Waals surface area contributed by atoms with Gasteiger partial charge in [0.1, 0.15) is 0 Å². The van der Waals surface area contributed by atoms with Crippen molar-refractivity contribution >= 4 is 5.91 Å². The molecule has 1 aliphatic rings. The quantitative estimate of drug-likeness (QED) is 0.797. The summed E-state index contributed by atoms with van der Waals surface area (Å²) in [6.07, 6.45) is 6.59. The van der Waals surface area contributed by atoms with Gasteiger partial charge in [0, 0.05) is 19.6 Å². The van der Waals surface area contributed by atoms with E-state index in [1.807, 2.05) is 25.8 Å². The molecule has 0 radical (unpaired) electrons. The van der Waals surface area contributed by atoms with Crippen molar-refractivity contribution in [3.63, 3.8) is 0 Å². The van der Waals surface area contributed by atoms with E-state index in [0.29, 0.717) is 5.92 Å². The van der Waals surface area contributed by atoms with Gasteiger partial charge in [-0.2, -0.15) is 0 Å². The van der Waals surface area contributed by atoms with Crippen molar-refractivity contribution in [3.05, 3.63) is 0 Å². The third kappa shape index (κ3) is 3.78. The highest BCUT2D eigenvalue weighted by Crippen LogP contribution is 2.24. The summed E-state index contributed by atoms with van der Waals surface area (Å²) in [6, 6.07) is -0.0543. The second-order valence-electron chi connectivity index (χ2n) is 5.37. The van der Waals surface area contributed by atoms with E-state index >= 15 is 0 Å². The Bertz CT molecular complexity index is 222. The van der Waals surface area contributed by atoms with E-state index in [2.05, 4.69) is 0 Å². The molecule has 1 saturated carbocycles. The fourth-order valence-electron chi connectivity index (χ4n) is 2.42. The SMILES string of the molecule is CC(N)C(C)C(=O)N(C)CC1CCCCC1. The molecule has 3 nitrogen and oxygen atoms in total. The van der Waals surface area contributed by atoms with Crippen molar-refractivity contribution < 1.29 is 4.79 Å². The molecule has 1 fully saturated rings. The van der Waals surface area contributed by atoms with Gasteiger partial charge in [0.25, 0.3) is 0 Å². The Hall–Kier alpha value is -0.570. The van der Waals surface area contributed by atoms with Crippen LogP contribution < -0.4 is 5.73 Å². The maximum Gasteiger partial charge on any atom is 0.226 e. The molecule has 94 valence electrons. The zero-order valence-corrected chi connectivity index (χ0v) is 10.9. The van der Waals surface area contributed by atoms with Crippen LogP contribution in [0.2, 0.25) is 0 Å². The zero-order valence-electron chi connectivity index (χ0n) is 10.9.